The monoisotopic (exact) mass is 225 g/mol. The molecule has 0 amide bonds. The summed E-state index contributed by atoms with van der Waals surface area (Å²) in [6.45, 7) is 3.50. The van der Waals surface area contributed by atoms with Crippen LogP contribution in [0, 0.1) is 5.82 Å². The van der Waals surface area contributed by atoms with Crippen LogP contribution in [0.4, 0.5) is 4.39 Å². The number of methoxy groups -OCH3 is 1. The first-order chi connectivity index (χ1) is 7.70. The van der Waals surface area contributed by atoms with Crippen LogP contribution in [0.2, 0.25) is 0 Å². The lowest BCUT2D eigenvalue weighted by atomic mass is 10.1. The summed E-state index contributed by atoms with van der Waals surface area (Å²) in [6.07, 6.45) is -0.0128. The first-order valence-electron chi connectivity index (χ1n) is 5.40. The molecule has 0 radical (unpaired) electrons. The number of nitrogens with one attached hydrogen (secondary N) is 1. The van der Waals surface area contributed by atoms with Gasteiger partial charge >= 0.3 is 0 Å². The molecule has 1 aromatic rings. The van der Waals surface area contributed by atoms with Gasteiger partial charge in [0.2, 0.25) is 0 Å². The fraction of sp³-hybridized carbons (Fsp3) is 0.500. The summed E-state index contributed by atoms with van der Waals surface area (Å²) in [7, 11) is 1.58. The average Bonchev–Trinajstić information content (AvgIpc) is 2.29. The number of morpholine rings is 1. The molecule has 1 saturated heterocycles. The molecule has 16 heavy (non-hydrogen) atoms. The topological polar surface area (TPSA) is 30.5 Å². The molecule has 0 aliphatic carbocycles. The maximum Gasteiger partial charge on any atom is 0.124 e. The van der Waals surface area contributed by atoms with Crippen molar-refractivity contribution in [3.8, 4) is 5.75 Å². The van der Waals surface area contributed by atoms with E-state index >= 15 is 0 Å². The zero-order valence-corrected chi connectivity index (χ0v) is 9.50. The van der Waals surface area contributed by atoms with Crippen molar-refractivity contribution in [2.24, 2.45) is 0 Å². The van der Waals surface area contributed by atoms with E-state index in [2.05, 4.69) is 5.32 Å². The first kappa shape index (κ1) is 11.4. The highest BCUT2D eigenvalue weighted by Gasteiger charge is 2.23. The third kappa shape index (κ3) is 2.33. The summed E-state index contributed by atoms with van der Waals surface area (Å²) >= 11 is 0. The van der Waals surface area contributed by atoms with Gasteiger partial charge in [-0.15, -0.1) is 0 Å². The molecule has 0 aromatic heterocycles. The Balaban J connectivity index is 2.26. The van der Waals surface area contributed by atoms with Crippen LogP contribution in [-0.4, -0.2) is 26.3 Å². The number of rotatable bonds is 2. The molecule has 2 atom stereocenters. The lowest BCUT2D eigenvalue weighted by molar-refractivity contribution is -0.0298. The van der Waals surface area contributed by atoms with Crippen LogP contribution in [-0.2, 0) is 4.74 Å². The molecule has 2 unspecified atom stereocenters. The Morgan fingerprint density at radius 2 is 2.25 bits per heavy atom. The molecule has 2 rings (SSSR count). The zero-order chi connectivity index (χ0) is 11.5. The van der Waals surface area contributed by atoms with E-state index in [1.807, 2.05) is 6.92 Å². The second-order valence-corrected chi connectivity index (χ2v) is 3.98. The van der Waals surface area contributed by atoms with Gasteiger partial charge in [0, 0.05) is 18.7 Å². The van der Waals surface area contributed by atoms with E-state index in [0.717, 1.165) is 12.1 Å². The molecule has 0 saturated carbocycles. The quantitative estimate of drug-likeness (QED) is 0.833. The first-order valence-corrected chi connectivity index (χ1v) is 5.40. The van der Waals surface area contributed by atoms with Gasteiger partial charge < -0.3 is 14.8 Å². The van der Waals surface area contributed by atoms with Crippen LogP contribution < -0.4 is 10.1 Å². The van der Waals surface area contributed by atoms with Gasteiger partial charge in [0.15, 0.2) is 0 Å². The lowest BCUT2D eigenvalue weighted by Crippen LogP contribution is -2.39. The van der Waals surface area contributed by atoms with Gasteiger partial charge in [-0.3, -0.25) is 0 Å². The summed E-state index contributed by atoms with van der Waals surface area (Å²) in [4.78, 5) is 0. The standard InChI is InChI=1S/C12H16FNO2/c1-8-6-14-7-12(16-8)10-5-9(13)3-4-11(10)15-2/h3-5,8,12,14H,6-7H2,1-2H3. The molecule has 1 fully saturated rings. The Morgan fingerprint density at radius 1 is 1.44 bits per heavy atom. The zero-order valence-electron chi connectivity index (χ0n) is 9.50. The fourth-order valence-electron chi connectivity index (χ4n) is 1.93. The Morgan fingerprint density at radius 3 is 2.94 bits per heavy atom. The Kier molecular flexibility index (Phi) is 3.41. The van der Waals surface area contributed by atoms with Crippen LogP contribution >= 0.6 is 0 Å². The number of ether oxygens (including phenoxy) is 2. The SMILES string of the molecule is COc1ccc(F)cc1C1CNCC(C)O1. The normalized spacial score (nSPS) is 25.4. The van der Waals surface area contributed by atoms with Gasteiger partial charge in [0.1, 0.15) is 11.6 Å². The van der Waals surface area contributed by atoms with Gasteiger partial charge in [-0.25, -0.2) is 4.39 Å². The predicted molar refractivity (Wildman–Crippen MR) is 59.1 cm³/mol. The van der Waals surface area contributed by atoms with Gasteiger partial charge in [-0.1, -0.05) is 0 Å². The van der Waals surface area contributed by atoms with Gasteiger partial charge in [0.25, 0.3) is 0 Å². The highest BCUT2D eigenvalue weighted by molar-refractivity contribution is 5.36. The van der Waals surface area contributed by atoms with E-state index in [4.69, 9.17) is 9.47 Å². The van der Waals surface area contributed by atoms with Crippen molar-refractivity contribution in [2.45, 2.75) is 19.1 Å². The molecule has 1 N–H and O–H groups in total. The van der Waals surface area contributed by atoms with Gasteiger partial charge in [-0.05, 0) is 25.1 Å². The summed E-state index contributed by atoms with van der Waals surface area (Å²) in [5, 5.41) is 3.25. The molecule has 1 heterocycles. The number of benzene rings is 1. The Bertz CT molecular complexity index is 370. The van der Waals surface area contributed by atoms with Crippen molar-refractivity contribution < 1.29 is 13.9 Å². The summed E-state index contributed by atoms with van der Waals surface area (Å²) < 4.78 is 24.2. The summed E-state index contributed by atoms with van der Waals surface area (Å²) in [5.74, 6) is 0.403. The third-order valence-corrected chi connectivity index (χ3v) is 2.70. The average molecular weight is 225 g/mol. The van der Waals surface area contributed by atoms with Crippen molar-refractivity contribution in [3.05, 3.63) is 29.6 Å². The van der Waals surface area contributed by atoms with E-state index in [0.29, 0.717) is 12.3 Å². The van der Waals surface area contributed by atoms with E-state index in [-0.39, 0.29) is 18.0 Å². The molecule has 1 aliphatic rings. The van der Waals surface area contributed by atoms with Crippen LogP contribution in [0.15, 0.2) is 18.2 Å². The number of halogens is 1. The molecular weight excluding hydrogens is 209 g/mol. The van der Waals surface area contributed by atoms with Crippen molar-refractivity contribution in [1.29, 1.82) is 0 Å². The molecule has 88 valence electrons. The van der Waals surface area contributed by atoms with Gasteiger partial charge in [0.05, 0.1) is 19.3 Å². The van der Waals surface area contributed by atoms with Crippen LogP contribution in [0.25, 0.3) is 0 Å². The fourth-order valence-corrected chi connectivity index (χ4v) is 1.93. The van der Waals surface area contributed by atoms with E-state index < -0.39 is 0 Å². The molecule has 1 aliphatic heterocycles. The molecule has 0 bridgehead atoms. The van der Waals surface area contributed by atoms with E-state index in [1.165, 1.54) is 12.1 Å². The summed E-state index contributed by atoms with van der Waals surface area (Å²) in [6, 6.07) is 4.50. The molecule has 3 nitrogen and oxygen atoms in total. The highest BCUT2D eigenvalue weighted by atomic mass is 19.1. The molecule has 1 aromatic carbocycles. The lowest BCUT2D eigenvalue weighted by Gasteiger charge is -2.29. The van der Waals surface area contributed by atoms with E-state index in [1.54, 1.807) is 13.2 Å². The Hall–Kier alpha value is -1.13. The van der Waals surface area contributed by atoms with Crippen molar-refractivity contribution in [2.75, 3.05) is 20.2 Å². The number of hydrogen-bond donors (Lipinski definition) is 1. The molecular formula is C12H16FNO2. The highest BCUT2D eigenvalue weighted by Crippen LogP contribution is 2.30. The van der Waals surface area contributed by atoms with E-state index in [9.17, 15) is 4.39 Å². The van der Waals surface area contributed by atoms with Crippen LogP contribution in [0.1, 0.15) is 18.6 Å². The second kappa shape index (κ2) is 4.80. The minimum atomic E-state index is -0.266. The molecule has 4 heteroatoms. The minimum absolute atomic E-state index is 0.131. The smallest absolute Gasteiger partial charge is 0.124 e. The second-order valence-electron chi connectivity index (χ2n) is 3.98. The minimum Gasteiger partial charge on any atom is -0.496 e. The van der Waals surface area contributed by atoms with Crippen molar-refractivity contribution in [3.63, 3.8) is 0 Å². The number of hydrogen-bond acceptors (Lipinski definition) is 3. The third-order valence-electron chi connectivity index (χ3n) is 2.70. The van der Waals surface area contributed by atoms with Crippen LogP contribution in [0.5, 0.6) is 5.75 Å². The Labute approximate surface area is 94.6 Å². The van der Waals surface area contributed by atoms with Crippen LogP contribution in [0.3, 0.4) is 0 Å². The summed E-state index contributed by atoms with van der Waals surface area (Å²) in [5.41, 5.74) is 0.765. The molecule has 0 spiro atoms. The van der Waals surface area contributed by atoms with Crippen molar-refractivity contribution in [1.82, 2.24) is 5.32 Å². The maximum atomic E-state index is 13.2. The largest absolute Gasteiger partial charge is 0.496 e. The predicted octanol–water partition coefficient (Wildman–Crippen LogP) is 1.88. The van der Waals surface area contributed by atoms with Crippen molar-refractivity contribution >= 4 is 0 Å². The van der Waals surface area contributed by atoms with Gasteiger partial charge in [-0.2, -0.15) is 0 Å². The maximum absolute atomic E-state index is 13.2.